The number of hydrogen-bond acceptors (Lipinski definition) is 2. The molecule has 1 aromatic carbocycles. The van der Waals surface area contributed by atoms with Crippen LogP contribution in [0.15, 0.2) is 30.3 Å². The van der Waals surface area contributed by atoms with Gasteiger partial charge in [0.05, 0.1) is 0 Å². The fraction of sp³-hybridized carbons (Fsp3) is 0.273. The van der Waals surface area contributed by atoms with Crippen molar-refractivity contribution in [2.45, 2.75) is 13.0 Å². The first-order chi connectivity index (χ1) is 6.27. The Morgan fingerprint density at radius 1 is 1.46 bits per heavy atom. The van der Waals surface area contributed by atoms with Gasteiger partial charge in [0.25, 0.3) is 0 Å². The van der Waals surface area contributed by atoms with Gasteiger partial charge in [-0.1, -0.05) is 18.2 Å². The van der Waals surface area contributed by atoms with Crippen LogP contribution in [-0.4, -0.2) is 17.7 Å². The Kier molecular flexibility index (Phi) is 2.07. The predicted octanol–water partition coefficient (Wildman–Crippen LogP) is 1.77. The molecule has 2 nitrogen and oxygen atoms in total. The van der Waals surface area contributed by atoms with Crippen molar-refractivity contribution >= 4 is 5.57 Å². The monoisotopic (exact) mass is 175 g/mol. The Balaban J connectivity index is 2.35. The molecule has 0 spiro atoms. The van der Waals surface area contributed by atoms with Gasteiger partial charge >= 0.3 is 0 Å². The van der Waals surface area contributed by atoms with Crippen molar-refractivity contribution in [1.29, 1.82) is 0 Å². The molecule has 1 atom stereocenters. The second-order valence-corrected chi connectivity index (χ2v) is 3.34. The van der Waals surface area contributed by atoms with Gasteiger partial charge < -0.3 is 10.4 Å². The number of benzene rings is 1. The molecule has 68 valence electrons. The topological polar surface area (TPSA) is 32.3 Å². The number of phenolic OH excluding ortho intramolecular Hbond substituents is 1. The summed E-state index contributed by atoms with van der Waals surface area (Å²) in [5.74, 6) is 0.331. The van der Waals surface area contributed by atoms with E-state index in [1.54, 1.807) is 12.1 Å². The molecule has 0 aliphatic carbocycles. The van der Waals surface area contributed by atoms with Crippen LogP contribution in [-0.2, 0) is 0 Å². The van der Waals surface area contributed by atoms with Crippen molar-refractivity contribution in [1.82, 2.24) is 5.32 Å². The molecular weight excluding hydrogens is 162 g/mol. The SMILES string of the molecule is CC1NCC=C1c1cccc(O)c1. The van der Waals surface area contributed by atoms with E-state index in [-0.39, 0.29) is 0 Å². The first-order valence-electron chi connectivity index (χ1n) is 4.50. The zero-order valence-corrected chi connectivity index (χ0v) is 7.62. The van der Waals surface area contributed by atoms with E-state index in [0.717, 1.165) is 12.1 Å². The number of rotatable bonds is 1. The lowest BCUT2D eigenvalue weighted by molar-refractivity contribution is 0.475. The van der Waals surface area contributed by atoms with Gasteiger partial charge in [-0.25, -0.2) is 0 Å². The minimum Gasteiger partial charge on any atom is -0.508 e. The molecule has 1 aliphatic heterocycles. The number of nitrogens with one attached hydrogen (secondary N) is 1. The van der Waals surface area contributed by atoms with Crippen LogP contribution in [0.3, 0.4) is 0 Å². The quantitative estimate of drug-likeness (QED) is 0.681. The van der Waals surface area contributed by atoms with Crippen molar-refractivity contribution in [3.8, 4) is 5.75 Å². The molecule has 0 saturated heterocycles. The Hall–Kier alpha value is -1.28. The van der Waals surface area contributed by atoms with E-state index in [9.17, 15) is 5.11 Å². The zero-order valence-electron chi connectivity index (χ0n) is 7.62. The van der Waals surface area contributed by atoms with Gasteiger partial charge in [0.1, 0.15) is 5.75 Å². The Bertz CT molecular complexity index is 344. The Morgan fingerprint density at radius 3 is 2.92 bits per heavy atom. The third-order valence-corrected chi connectivity index (χ3v) is 2.39. The predicted molar refractivity (Wildman–Crippen MR) is 53.5 cm³/mol. The summed E-state index contributed by atoms with van der Waals surface area (Å²) < 4.78 is 0. The van der Waals surface area contributed by atoms with Crippen molar-refractivity contribution in [3.05, 3.63) is 35.9 Å². The molecule has 0 fully saturated rings. The van der Waals surface area contributed by atoms with Crippen LogP contribution in [0.4, 0.5) is 0 Å². The maximum Gasteiger partial charge on any atom is 0.116 e. The average Bonchev–Trinajstić information content (AvgIpc) is 2.51. The summed E-state index contributed by atoms with van der Waals surface area (Å²) in [7, 11) is 0. The van der Waals surface area contributed by atoms with Gasteiger partial charge in [0.2, 0.25) is 0 Å². The summed E-state index contributed by atoms with van der Waals surface area (Å²) in [6, 6.07) is 7.78. The smallest absolute Gasteiger partial charge is 0.116 e. The largest absolute Gasteiger partial charge is 0.508 e. The summed E-state index contributed by atoms with van der Waals surface area (Å²) >= 11 is 0. The maximum atomic E-state index is 9.31. The van der Waals surface area contributed by atoms with Gasteiger partial charge in [-0.3, -0.25) is 0 Å². The highest BCUT2D eigenvalue weighted by Gasteiger charge is 2.14. The number of hydrogen-bond donors (Lipinski definition) is 2. The van der Waals surface area contributed by atoms with Gasteiger partial charge in [0.15, 0.2) is 0 Å². The molecule has 0 aromatic heterocycles. The van der Waals surface area contributed by atoms with Gasteiger partial charge in [-0.2, -0.15) is 0 Å². The van der Waals surface area contributed by atoms with Crippen LogP contribution >= 0.6 is 0 Å². The molecule has 1 unspecified atom stereocenters. The fourth-order valence-electron chi connectivity index (χ4n) is 1.69. The Morgan fingerprint density at radius 2 is 2.31 bits per heavy atom. The molecule has 0 radical (unpaired) electrons. The molecule has 0 bridgehead atoms. The second kappa shape index (κ2) is 3.23. The normalized spacial score (nSPS) is 21.6. The second-order valence-electron chi connectivity index (χ2n) is 3.34. The third kappa shape index (κ3) is 1.58. The molecule has 2 N–H and O–H groups in total. The highest BCUT2D eigenvalue weighted by molar-refractivity contribution is 5.72. The zero-order chi connectivity index (χ0) is 9.26. The van der Waals surface area contributed by atoms with Crippen LogP contribution in [0.25, 0.3) is 5.57 Å². The minimum atomic E-state index is 0.331. The van der Waals surface area contributed by atoms with E-state index in [4.69, 9.17) is 0 Å². The van der Waals surface area contributed by atoms with E-state index in [1.807, 2.05) is 12.1 Å². The van der Waals surface area contributed by atoms with Crippen molar-refractivity contribution in [2.75, 3.05) is 6.54 Å². The molecule has 0 saturated carbocycles. The van der Waals surface area contributed by atoms with Crippen molar-refractivity contribution < 1.29 is 5.11 Å². The Labute approximate surface area is 77.9 Å². The van der Waals surface area contributed by atoms with Crippen molar-refractivity contribution in [3.63, 3.8) is 0 Å². The lowest BCUT2D eigenvalue weighted by Gasteiger charge is -2.09. The van der Waals surface area contributed by atoms with E-state index in [1.165, 1.54) is 5.57 Å². The third-order valence-electron chi connectivity index (χ3n) is 2.39. The molecule has 1 aromatic rings. The number of phenols is 1. The summed E-state index contributed by atoms with van der Waals surface area (Å²) in [6.07, 6.45) is 2.17. The minimum absolute atomic E-state index is 0.331. The summed E-state index contributed by atoms with van der Waals surface area (Å²) in [5.41, 5.74) is 2.38. The average molecular weight is 175 g/mol. The van der Waals surface area contributed by atoms with E-state index in [0.29, 0.717) is 11.8 Å². The summed E-state index contributed by atoms with van der Waals surface area (Å²) in [6.45, 7) is 3.05. The van der Waals surface area contributed by atoms with Crippen LogP contribution in [0, 0.1) is 0 Å². The summed E-state index contributed by atoms with van der Waals surface area (Å²) in [4.78, 5) is 0. The first kappa shape index (κ1) is 8.32. The van der Waals surface area contributed by atoms with Gasteiger partial charge in [0, 0.05) is 12.6 Å². The maximum absolute atomic E-state index is 9.31. The van der Waals surface area contributed by atoms with Crippen LogP contribution < -0.4 is 5.32 Å². The standard InChI is InChI=1S/C11H13NO/c1-8-11(5-6-12-8)9-3-2-4-10(13)7-9/h2-5,7-8,12-13H,6H2,1H3. The number of aromatic hydroxyl groups is 1. The molecule has 2 heteroatoms. The highest BCUT2D eigenvalue weighted by Crippen LogP contribution is 2.24. The summed E-state index contributed by atoms with van der Waals surface area (Å²) in [5, 5.41) is 12.6. The van der Waals surface area contributed by atoms with Crippen molar-refractivity contribution in [2.24, 2.45) is 0 Å². The van der Waals surface area contributed by atoms with Crippen LogP contribution in [0.2, 0.25) is 0 Å². The first-order valence-corrected chi connectivity index (χ1v) is 4.50. The van der Waals surface area contributed by atoms with E-state index in [2.05, 4.69) is 18.3 Å². The highest BCUT2D eigenvalue weighted by atomic mass is 16.3. The van der Waals surface area contributed by atoms with Gasteiger partial charge in [-0.05, 0) is 30.2 Å². The fourth-order valence-corrected chi connectivity index (χ4v) is 1.69. The lowest BCUT2D eigenvalue weighted by Crippen LogP contribution is -2.20. The lowest BCUT2D eigenvalue weighted by atomic mass is 10.0. The molecule has 2 rings (SSSR count). The van der Waals surface area contributed by atoms with E-state index < -0.39 is 0 Å². The molecular formula is C11H13NO. The molecule has 13 heavy (non-hydrogen) atoms. The molecule has 1 aliphatic rings. The molecule has 0 amide bonds. The van der Waals surface area contributed by atoms with E-state index >= 15 is 0 Å². The van der Waals surface area contributed by atoms with Gasteiger partial charge in [-0.15, -0.1) is 0 Å². The van der Waals surface area contributed by atoms with Crippen LogP contribution in [0.1, 0.15) is 12.5 Å². The molecule has 1 heterocycles. The van der Waals surface area contributed by atoms with Crippen LogP contribution in [0.5, 0.6) is 5.75 Å².